The Balaban J connectivity index is 2.16. The minimum absolute atomic E-state index is 0.317. The average molecular weight is 257 g/mol. The van der Waals surface area contributed by atoms with E-state index >= 15 is 0 Å². The standard InChI is InChI=1S/C15H15NO3/c1-10-14(11-4-2-3-5-12(11)16-10)15(8-19-9-15)7-6-13(17)18/h2-7,16H,8-9H2,1H3,(H,17,18)/b7-6+. The summed E-state index contributed by atoms with van der Waals surface area (Å²) in [5.74, 6) is -0.927. The second-order valence-corrected chi connectivity index (χ2v) is 4.99. The first kappa shape index (κ1) is 12.0. The van der Waals surface area contributed by atoms with Crippen molar-refractivity contribution in [1.82, 2.24) is 4.98 Å². The molecule has 2 aromatic rings. The van der Waals surface area contributed by atoms with Crippen molar-refractivity contribution in [3.8, 4) is 0 Å². The van der Waals surface area contributed by atoms with Gasteiger partial charge in [0.1, 0.15) is 0 Å². The average Bonchev–Trinajstić information content (AvgIpc) is 2.65. The van der Waals surface area contributed by atoms with Crippen LogP contribution in [0.2, 0.25) is 0 Å². The maximum absolute atomic E-state index is 10.8. The van der Waals surface area contributed by atoms with Gasteiger partial charge >= 0.3 is 5.97 Å². The lowest BCUT2D eigenvalue weighted by Crippen LogP contribution is -2.45. The number of carboxylic acids is 1. The van der Waals surface area contributed by atoms with E-state index in [1.807, 2.05) is 25.1 Å². The molecule has 4 nitrogen and oxygen atoms in total. The summed E-state index contributed by atoms with van der Waals surface area (Å²) in [5, 5.41) is 9.98. The molecule has 1 aliphatic rings. The number of benzene rings is 1. The number of H-pyrrole nitrogens is 1. The van der Waals surface area contributed by atoms with E-state index < -0.39 is 5.97 Å². The number of aryl methyl sites for hydroxylation is 1. The molecule has 1 fully saturated rings. The lowest BCUT2D eigenvalue weighted by Gasteiger charge is -2.39. The smallest absolute Gasteiger partial charge is 0.328 e. The molecule has 3 rings (SSSR count). The maximum atomic E-state index is 10.8. The zero-order chi connectivity index (χ0) is 13.5. The summed E-state index contributed by atoms with van der Waals surface area (Å²) in [5.41, 5.74) is 2.97. The van der Waals surface area contributed by atoms with Crippen LogP contribution in [0.3, 0.4) is 0 Å². The Morgan fingerprint density at radius 2 is 2.16 bits per heavy atom. The minimum atomic E-state index is -0.927. The van der Waals surface area contributed by atoms with Crippen LogP contribution in [0, 0.1) is 6.92 Å². The van der Waals surface area contributed by atoms with Crippen molar-refractivity contribution in [3.05, 3.63) is 47.7 Å². The van der Waals surface area contributed by atoms with Crippen molar-refractivity contribution in [2.75, 3.05) is 13.2 Å². The predicted octanol–water partition coefficient (Wildman–Crippen LogP) is 2.39. The van der Waals surface area contributed by atoms with E-state index in [1.165, 1.54) is 6.08 Å². The fourth-order valence-corrected chi connectivity index (χ4v) is 2.79. The van der Waals surface area contributed by atoms with Crippen LogP contribution >= 0.6 is 0 Å². The molecular formula is C15H15NO3. The Hall–Kier alpha value is -2.07. The molecule has 0 spiro atoms. The molecule has 0 unspecified atom stereocenters. The van der Waals surface area contributed by atoms with Crippen LogP contribution in [0.25, 0.3) is 10.9 Å². The highest BCUT2D eigenvalue weighted by molar-refractivity contribution is 5.87. The van der Waals surface area contributed by atoms with Crippen LogP contribution in [-0.2, 0) is 14.9 Å². The molecule has 0 saturated carbocycles. The maximum Gasteiger partial charge on any atom is 0.328 e. The molecule has 1 aromatic heterocycles. The van der Waals surface area contributed by atoms with E-state index in [4.69, 9.17) is 9.84 Å². The van der Waals surface area contributed by atoms with Crippen molar-refractivity contribution >= 4 is 16.9 Å². The molecule has 0 bridgehead atoms. The number of ether oxygens (including phenoxy) is 1. The second kappa shape index (κ2) is 4.24. The number of fused-ring (bicyclic) bond motifs is 1. The second-order valence-electron chi connectivity index (χ2n) is 4.99. The van der Waals surface area contributed by atoms with Crippen LogP contribution in [0.4, 0.5) is 0 Å². The van der Waals surface area contributed by atoms with Gasteiger partial charge in [0.2, 0.25) is 0 Å². The van der Waals surface area contributed by atoms with Gasteiger partial charge in [0, 0.05) is 22.7 Å². The number of nitrogens with one attached hydrogen (secondary N) is 1. The lowest BCUT2D eigenvalue weighted by atomic mass is 9.77. The third-order valence-electron chi connectivity index (χ3n) is 3.66. The first-order valence-electron chi connectivity index (χ1n) is 6.20. The van der Waals surface area contributed by atoms with E-state index in [1.54, 1.807) is 6.08 Å². The Bertz CT molecular complexity index is 665. The lowest BCUT2D eigenvalue weighted by molar-refractivity contribution is -0.131. The normalized spacial score (nSPS) is 17.7. The summed E-state index contributed by atoms with van der Waals surface area (Å²) in [6.07, 6.45) is 2.96. The fraction of sp³-hybridized carbons (Fsp3) is 0.267. The first-order valence-corrected chi connectivity index (χ1v) is 6.20. The monoisotopic (exact) mass is 257 g/mol. The van der Waals surface area contributed by atoms with Gasteiger partial charge in [-0.3, -0.25) is 0 Å². The molecule has 0 atom stereocenters. The first-order chi connectivity index (χ1) is 9.12. The van der Waals surface area contributed by atoms with Crippen LogP contribution in [-0.4, -0.2) is 29.3 Å². The van der Waals surface area contributed by atoms with Crippen molar-refractivity contribution in [3.63, 3.8) is 0 Å². The highest BCUT2D eigenvalue weighted by Crippen LogP contribution is 2.40. The van der Waals surface area contributed by atoms with Gasteiger partial charge in [-0.2, -0.15) is 0 Å². The quantitative estimate of drug-likeness (QED) is 0.830. The highest BCUT2D eigenvalue weighted by atomic mass is 16.5. The van der Waals surface area contributed by atoms with Crippen LogP contribution < -0.4 is 0 Å². The minimum Gasteiger partial charge on any atom is -0.478 e. The number of hydrogen-bond donors (Lipinski definition) is 2. The SMILES string of the molecule is Cc1[nH]c2ccccc2c1C1(/C=C/C(=O)O)COC1. The molecule has 1 aliphatic heterocycles. The van der Waals surface area contributed by atoms with Crippen LogP contribution in [0.15, 0.2) is 36.4 Å². The summed E-state index contributed by atoms with van der Waals surface area (Å²) in [4.78, 5) is 14.1. The molecule has 2 heterocycles. The van der Waals surface area contributed by atoms with E-state index in [0.717, 1.165) is 22.2 Å². The number of hydrogen-bond acceptors (Lipinski definition) is 2. The highest BCUT2D eigenvalue weighted by Gasteiger charge is 2.41. The van der Waals surface area contributed by atoms with Gasteiger partial charge in [-0.15, -0.1) is 0 Å². The summed E-state index contributed by atoms with van der Waals surface area (Å²) < 4.78 is 5.34. The van der Waals surface area contributed by atoms with E-state index in [9.17, 15) is 4.79 Å². The molecule has 19 heavy (non-hydrogen) atoms. The Morgan fingerprint density at radius 3 is 2.79 bits per heavy atom. The summed E-state index contributed by atoms with van der Waals surface area (Å²) in [7, 11) is 0. The summed E-state index contributed by atoms with van der Waals surface area (Å²) >= 11 is 0. The Labute approximate surface area is 110 Å². The number of aromatic nitrogens is 1. The van der Waals surface area contributed by atoms with Gasteiger partial charge in [-0.1, -0.05) is 24.3 Å². The molecule has 1 saturated heterocycles. The molecule has 0 amide bonds. The number of para-hydroxylation sites is 1. The molecular weight excluding hydrogens is 242 g/mol. The van der Waals surface area contributed by atoms with Crippen molar-refractivity contribution < 1.29 is 14.6 Å². The molecule has 1 aromatic carbocycles. The van der Waals surface area contributed by atoms with Gasteiger partial charge in [-0.05, 0) is 18.6 Å². The number of carboxylic acid groups (broad SMARTS) is 1. The van der Waals surface area contributed by atoms with Crippen molar-refractivity contribution in [1.29, 1.82) is 0 Å². The fourth-order valence-electron chi connectivity index (χ4n) is 2.79. The molecule has 0 aliphatic carbocycles. The number of carbonyl (C=O) groups is 1. The molecule has 0 radical (unpaired) electrons. The summed E-state index contributed by atoms with van der Waals surface area (Å²) in [6, 6.07) is 8.06. The topological polar surface area (TPSA) is 62.3 Å². The van der Waals surface area contributed by atoms with Gasteiger partial charge < -0.3 is 14.8 Å². The summed E-state index contributed by atoms with van der Waals surface area (Å²) in [6.45, 7) is 3.07. The van der Waals surface area contributed by atoms with Crippen LogP contribution in [0.1, 0.15) is 11.3 Å². The third kappa shape index (κ3) is 1.85. The largest absolute Gasteiger partial charge is 0.478 e. The van der Waals surface area contributed by atoms with Gasteiger partial charge in [0.25, 0.3) is 0 Å². The predicted molar refractivity (Wildman–Crippen MR) is 72.3 cm³/mol. The third-order valence-corrected chi connectivity index (χ3v) is 3.66. The molecule has 2 N–H and O–H groups in total. The number of aromatic amines is 1. The van der Waals surface area contributed by atoms with E-state index in [2.05, 4.69) is 11.1 Å². The Morgan fingerprint density at radius 1 is 1.42 bits per heavy atom. The zero-order valence-corrected chi connectivity index (χ0v) is 10.6. The number of aliphatic carboxylic acids is 1. The van der Waals surface area contributed by atoms with Gasteiger partial charge in [-0.25, -0.2) is 4.79 Å². The zero-order valence-electron chi connectivity index (χ0n) is 10.6. The van der Waals surface area contributed by atoms with Gasteiger partial charge in [0.05, 0.1) is 18.6 Å². The van der Waals surface area contributed by atoms with Crippen molar-refractivity contribution in [2.45, 2.75) is 12.3 Å². The Kier molecular flexibility index (Phi) is 2.68. The van der Waals surface area contributed by atoms with Crippen molar-refractivity contribution in [2.24, 2.45) is 0 Å². The van der Waals surface area contributed by atoms with E-state index in [0.29, 0.717) is 13.2 Å². The van der Waals surface area contributed by atoms with E-state index in [-0.39, 0.29) is 5.41 Å². The molecule has 4 heteroatoms. The number of rotatable bonds is 3. The molecule has 98 valence electrons. The van der Waals surface area contributed by atoms with Crippen LogP contribution in [0.5, 0.6) is 0 Å². The van der Waals surface area contributed by atoms with Gasteiger partial charge in [0.15, 0.2) is 0 Å².